The van der Waals surface area contributed by atoms with Crippen LogP contribution in [0.1, 0.15) is 55.6 Å². The average molecular weight is 273 g/mol. The van der Waals surface area contributed by atoms with Gasteiger partial charge in [-0.05, 0) is 74.2 Å². The molecule has 2 saturated carbocycles. The fraction of sp³-hybridized carbons (Fsp3) is 0.667. The topological polar surface area (TPSA) is 21.3 Å². The molecule has 0 aromatic heterocycles. The second-order valence-electron chi connectivity index (χ2n) is 6.56. The Kier molecular flexibility index (Phi) is 4.30. The van der Waals surface area contributed by atoms with Crippen molar-refractivity contribution < 1.29 is 4.74 Å². The number of ether oxygens (including phenoxy) is 1. The SMILES string of the molecule is COc1ccc(C2CCCCC2CNC2CC2)c(C)c1. The van der Waals surface area contributed by atoms with Gasteiger partial charge < -0.3 is 10.1 Å². The molecule has 0 saturated heterocycles. The van der Waals surface area contributed by atoms with Crippen LogP contribution < -0.4 is 10.1 Å². The van der Waals surface area contributed by atoms with Crippen molar-refractivity contribution in [2.24, 2.45) is 5.92 Å². The van der Waals surface area contributed by atoms with E-state index in [1.165, 1.54) is 50.6 Å². The fourth-order valence-electron chi connectivity index (χ4n) is 3.66. The summed E-state index contributed by atoms with van der Waals surface area (Å²) in [5, 5.41) is 3.74. The molecule has 2 nitrogen and oxygen atoms in total. The molecular formula is C18H27NO. The molecule has 0 bridgehead atoms. The highest BCUT2D eigenvalue weighted by molar-refractivity contribution is 5.37. The van der Waals surface area contributed by atoms with Crippen LogP contribution in [-0.2, 0) is 0 Å². The van der Waals surface area contributed by atoms with Gasteiger partial charge in [0.15, 0.2) is 0 Å². The number of methoxy groups -OCH3 is 1. The third-order valence-corrected chi connectivity index (χ3v) is 5.03. The summed E-state index contributed by atoms with van der Waals surface area (Å²) in [6, 6.07) is 7.45. The van der Waals surface area contributed by atoms with Crippen LogP contribution in [0.15, 0.2) is 18.2 Å². The van der Waals surface area contributed by atoms with E-state index in [9.17, 15) is 0 Å². The summed E-state index contributed by atoms with van der Waals surface area (Å²) in [5.41, 5.74) is 2.95. The predicted octanol–water partition coefficient (Wildman–Crippen LogP) is 4.03. The van der Waals surface area contributed by atoms with Crippen molar-refractivity contribution in [3.05, 3.63) is 29.3 Å². The lowest BCUT2D eigenvalue weighted by molar-refractivity contribution is 0.294. The molecule has 0 aliphatic heterocycles. The van der Waals surface area contributed by atoms with Gasteiger partial charge in [-0.1, -0.05) is 18.9 Å². The van der Waals surface area contributed by atoms with E-state index < -0.39 is 0 Å². The zero-order valence-electron chi connectivity index (χ0n) is 12.8. The van der Waals surface area contributed by atoms with Crippen LogP contribution >= 0.6 is 0 Å². The minimum Gasteiger partial charge on any atom is -0.497 e. The van der Waals surface area contributed by atoms with Crippen LogP contribution in [0.5, 0.6) is 5.75 Å². The van der Waals surface area contributed by atoms with Crippen LogP contribution in [0.25, 0.3) is 0 Å². The van der Waals surface area contributed by atoms with Crippen molar-refractivity contribution in [1.29, 1.82) is 0 Å². The Morgan fingerprint density at radius 3 is 2.65 bits per heavy atom. The van der Waals surface area contributed by atoms with E-state index in [4.69, 9.17) is 4.74 Å². The molecular weight excluding hydrogens is 246 g/mol. The van der Waals surface area contributed by atoms with Gasteiger partial charge in [-0.2, -0.15) is 0 Å². The number of benzene rings is 1. The Hall–Kier alpha value is -1.02. The highest BCUT2D eigenvalue weighted by Gasteiger charge is 2.29. The maximum atomic E-state index is 5.34. The van der Waals surface area contributed by atoms with Crippen LogP contribution in [0.3, 0.4) is 0 Å². The molecule has 2 fully saturated rings. The van der Waals surface area contributed by atoms with E-state index in [1.807, 2.05) is 0 Å². The lowest BCUT2D eigenvalue weighted by Crippen LogP contribution is -2.31. The molecule has 2 heteroatoms. The molecule has 3 rings (SSSR count). The van der Waals surface area contributed by atoms with E-state index in [1.54, 1.807) is 12.7 Å². The number of hydrogen-bond acceptors (Lipinski definition) is 2. The highest BCUT2D eigenvalue weighted by atomic mass is 16.5. The van der Waals surface area contributed by atoms with Gasteiger partial charge in [0, 0.05) is 6.04 Å². The van der Waals surface area contributed by atoms with Crippen molar-refractivity contribution in [3.8, 4) is 5.75 Å². The molecule has 2 aliphatic carbocycles. The van der Waals surface area contributed by atoms with E-state index in [0.717, 1.165) is 23.6 Å². The second kappa shape index (κ2) is 6.17. The summed E-state index contributed by atoms with van der Waals surface area (Å²) < 4.78 is 5.34. The Morgan fingerprint density at radius 2 is 1.95 bits per heavy atom. The van der Waals surface area contributed by atoms with Crippen molar-refractivity contribution >= 4 is 0 Å². The first-order valence-corrected chi connectivity index (χ1v) is 8.16. The van der Waals surface area contributed by atoms with E-state index in [0.29, 0.717) is 0 Å². The van der Waals surface area contributed by atoms with E-state index >= 15 is 0 Å². The summed E-state index contributed by atoms with van der Waals surface area (Å²) in [5.74, 6) is 2.53. The average Bonchev–Trinajstić information content (AvgIpc) is 3.29. The molecule has 0 spiro atoms. The molecule has 2 aliphatic rings. The quantitative estimate of drug-likeness (QED) is 0.874. The Balaban J connectivity index is 1.73. The van der Waals surface area contributed by atoms with Crippen molar-refractivity contribution in [2.75, 3.05) is 13.7 Å². The summed E-state index contributed by atoms with van der Waals surface area (Å²) in [4.78, 5) is 0. The molecule has 1 aromatic carbocycles. The maximum absolute atomic E-state index is 5.34. The number of rotatable bonds is 5. The molecule has 0 radical (unpaired) electrons. The minimum absolute atomic E-state index is 0.737. The Labute approximate surface area is 122 Å². The van der Waals surface area contributed by atoms with Crippen LogP contribution in [0, 0.1) is 12.8 Å². The van der Waals surface area contributed by atoms with Gasteiger partial charge in [0.2, 0.25) is 0 Å². The Morgan fingerprint density at radius 1 is 1.15 bits per heavy atom. The lowest BCUT2D eigenvalue weighted by atomic mass is 9.74. The highest BCUT2D eigenvalue weighted by Crippen LogP contribution is 2.39. The maximum Gasteiger partial charge on any atom is 0.119 e. The molecule has 2 unspecified atom stereocenters. The standard InChI is InChI=1S/C18H27NO/c1-13-11-16(20-2)9-10-17(13)18-6-4-3-5-14(18)12-19-15-7-8-15/h9-11,14-15,18-19H,3-8,12H2,1-2H3. The molecule has 0 amide bonds. The lowest BCUT2D eigenvalue weighted by Gasteiger charge is -2.33. The minimum atomic E-state index is 0.737. The van der Waals surface area contributed by atoms with Crippen molar-refractivity contribution in [2.45, 2.75) is 57.4 Å². The smallest absolute Gasteiger partial charge is 0.119 e. The van der Waals surface area contributed by atoms with Gasteiger partial charge in [-0.3, -0.25) is 0 Å². The summed E-state index contributed by atoms with van der Waals surface area (Å²) in [7, 11) is 1.75. The van der Waals surface area contributed by atoms with Gasteiger partial charge >= 0.3 is 0 Å². The Bertz CT molecular complexity index is 453. The molecule has 0 heterocycles. The first-order chi connectivity index (χ1) is 9.78. The van der Waals surface area contributed by atoms with Crippen molar-refractivity contribution in [3.63, 3.8) is 0 Å². The zero-order valence-corrected chi connectivity index (χ0v) is 12.8. The zero-order chi connectivity index (χ0) is 13.9. The second-order valence-corrected chi connectivity index (χ2v) is 6.56. The van der Waals surface area contributed by atoms with Gasteiger partial charge in [0.25, 0.3) is 0 Å². The van der Waals surface area contributed by atoms with Gasteiger partial charge in [0.05, 0.1) is 7.11 Å². The normalized spacial score (nSPS) is 26.5. The van der Waals surface area contributed by atoms with Crippen LogP contribution in [-0.4, -0.2) is 19.7 Å². The largest absolute Gasteiger partial charge is 0.497 e. The first-order valence-electron chi connectivity index (χ1n) is 8.16. The molecule has 1 aromatic rings. The summed E-state index contributed by atoms with van der Waals surface area (Å²) in [6.45, 7) is 3.44. The third kappa shape index (κ3) is 3.17. The molecule has 20 heavy (non-hydrogen) atoms. The summed E-state index contributed by atoms with van der Waals surface area (Å²) in [6.07, 6.45) is 8.30. The summed E-state index contributed by atoms with van der Waals surface area (Å²) >= 11 is 0. The number of aryl methyl sites for hydroxylation is 1. The molecule has 1 N–H and O–H groups in total. The van der Waals surface area contributed by atoms with Crippen LogP contribution in [0.2, 0.25) is 0 Å². The number of nitrogens with one attached hydrogen (secondary N) is 1. The van der Waals surface area contributed by atoms with E-state index in [2.05, 4.69) is 30.4 Å². The fourth-order valence-corrected chi connectivity index (χ4v) is 3.66. The van der Waals surface area contributed by atoms with Gasteiger partial charge in [-0.25, -0.2) is 0 Å². The van der Waals surface area contributed by atoms with Crippen molar-refractivity contribution in [1.82, 2.24) is 5.32 Å². The monoisotopic (exact) mass is 273 g/mol. The van der Waals surface area contributed by atoms with E-state index in [-0.39, 0.29) is 0 Å². The molecule has 110 valence electrons. The van der Waals surface area contributed by atoms with Crippen LogP contribution in [0.4, 0.5) is 0 Å². The number of hydrogen-bond donors (Lipinski definition) is 1. The third-order valence-electron chi connectivity index (χ3n) is 5.03. The molecule has 2 atom stereocenters. The van der Waals surface area contributed by atoms with Gasteiger partial charge in [-0.15, -0.1) is 0 Å². The predicted molar refractivity (Wildman–Crippen MR) is 83.5 cm³/mol. The van der Waals surface area contributed by atoms with Gasteiger partial charge in [0.1, 0.15) is 5.75 Å². The first kappa shape index (κ1) is 13.9.